The molecule has 2 fully saturated rings. The zero-order valence-corrected chi connectivity index (χ0v) is 8.96. The van der Waals surface area contributed by atoms with E-state index in [-0.39, 0.29) is 5.41 Å². The van der Waals surface area contributed by atoms with E-state index < -0.39 is 5.97 Å². The first-order valence-corrected chi connectivity index (χ1v) is 5.92. The lowest BCUT2D eigenvalue weighted by Crippen LogP contribution is -2.29. The third-order valence-electron chi connectivity index (χ3n) is 4.36. The van der Waals surface area contributed by atoms with Crippen LogP contribution < -0.4 is 0 Å². The number of aliphatic carboxylic acids is 1. The first-order chi connectivity index (χ1) is 6.69. The van der Waals surface area contributed by atoms with Crippen molar-refractivity contribution in [2.24, 2.45) is 17.3 Å². The number of carbonyl (C=O) groups is 1. The molecule has 0 aromatic heterocycles. The monoisotopic (exact) mass is 196 g/mol. The predicted octanol–water partition coefficient (Wildman–Crippen LogP) is 3.07. The van der Waals surface area contributed by atoms with Gasteiger partial charge in [-0.2, -0.15) is 0 Å². The smallest absolute Gasteiger partial charge is 0.309 e. The van der Waals surface area contributed by atoms with Crippen LogP contribution in [0.4, 0.5) is 0 Å². The molecule has 0 bridgehead atoms. The Balaban J connectivity index is 2.00. The fraction of sp³-hybridized carbons (Fsp3) is 0.917. The lowest BCUT2D eigenvalue weighted by atomic mass is 9.72. The SMILES string of the molecule is CCC1CCCC(C2(C(=O)O)CC2)C1. The van der Waals surface area contributed by atoms with Crippen LogP contribution in [0.5, 0.6) is 0 Å². The summed E-state index contributed by atoms with van der Waals surface area (Å²) in [7, 11) is 0. The van der Waals surface area contributed by atoms with Crippen LogP contribution in [0.2, 0.25) is 0 Å². The second-order valence-corrected chi connectivity index (χ2v) is 5.10. The van der Waals surface area contributed by atoms with E-state index >= 15 is 0 Å². The molecule has 14 heavy (non-hydrogen) atoms. The van der Waals surface area contributed by atoms with Gasteiger partial charge in [0.1, 0.15) is 0 Å². The van der Waals surface area contributed by atoms with Crippen molar-refractivity contribution in [1.82, 2.24) is 0 Å². The summed E-state index contributed by atoms with van der Waals surface area (Å²) >= 11 is 0. The number of hydrogen-bond acceptors (Lipinski definition) is 1. The fourth-order valence-corrected chi connectivity index (χ4v) is 3.10. The van der Waals surface area contributed by atoms with Gasteiger partial charge in [0.25, 0.3) is 0 Å². The molecule has 80 valence electrons. The maximum absolute atomic E-state index is 11.2. The minimum absolute atomic E-state index is 0.284. The largest absolute Gasteiger partial charge is 0.481 e. The van der Waals surface area contributed by atoms with E-state index in [1.54, 1.807) is 0 Å². The van der Waals surface area contributed by atoms with Crippen LogP contribution in [-0.2, 0) is 4.79 Å². The van der Waals surface area contributed by atoms with Crippen LogP contribution in [0.3, 0.4) is 0 Å². The molecular formula is C12H20O2. The summed E-state index contributed by atoms with van der Waals surface area (Å²) in [5.41, 5.74) is -0.284. The third kappa shape index (κ3) is 1.55. The molecule has 0 aromatic rings. The Kier molecular flexibility index (Phi) is 2.54. The van der Waals surface area contributed by atoms with Gasteiger partial charge in [0.05, 0.1) is 5.41 Å². The summed E-state index contributed by atoms with van der Waals surface area (Å²) in [5, 5.41) is 9.21. The van der Waals surface area contributed by atoms with E-state index in [4.69, 9.17) is 0 Å². The van der Waals surface area contributed by atoms with Crippen LogP contribution >= 0.6 is 0 Å². The van der Waals surface area contributed by atoms with E-state index in [0.29, 0.717) is 5.92 Å². The average molecular weight is 196 g/mol. The highest BCUT2D eigenvalue weighted by atomic mass is 16.4. The van der Waals surface area contributed by atoms with Gasteiger partial charge in [-0.15, -0.1) is 0 Å². The third-order valence-corrected chi connectivity index (χ3v) is 4.36. The Morgan fingerprint density at radius 3 is 2.64 bits per heavy atom. The van der Waals surface area contributed by atoms with Crippen molar-refractivity contribution in [3.63, 3.8) is 0 Å². The van der Waals surface area contributed by atoms with Gasteiger partial charge >= 0.3 is 5.97 Å². The van der Waals surface area contributed by atoms with Crippen molar-refractivity contribution < 1.29 is 9.90 Å². The summed E-state index contributed by atoms with van der Waals surface area (Å²) < 4.78 is 0. The number of rotatable bonds is 3. The molecule has 2 heteroatoms. The molecule has 0 radical (unpaired) electrons. The topological polar surface area (TPSA) is 37.3 Å². The molecule has 2 unspecified atom stereocenters. The molecule has 2 nitrogen and oxygen atoms in total. The van der Waals surface area contributed by atoms with E-state index in [1.165, 1.54) is 25.7 Å². The summed E-state index contributed by atoms with van der Waals surface area (Å²) in [6.07, 6.45) is 7.99. The van der Waals surface area contributed by atoms with Crippen molar-refractivity contribution in [3.8, 4) is 0 Å². The van der Waals surface area contributed by atoms with Gasteiger partial charge in [0.2, 0.25) is 0 Å². The zero-order valence-electron chi connectivity index (χ0n) is 8.96. The van der Waals surface area contributed by atoms with Crippen molar-refractivity contribution in [2.75, 3.05) is 0 Å². The first kappa shape index (κ1) is 10.0. The zero-order chi connectivity index (χ0) is 10.2. The van der Waals surface area contributed by atoms with Gasteiger partial charge in [0, 0.05) is 0 Å². The van der Waals surface area contributed by atoms with Gasteiger partial charge in [-0.3, -0.25) is 4.79 Å². The second kappa shape index (κ2) is 3.56. The van der Waals surface area contributed by atoms with E-state index in [2.05, 4.69) is 6.92 Å². The summed E-state index contributed by atoms with van der Waals surface area (Å²) in [5.74, 6) is 0.753. The number of hydrogen-bond donors (Lipinski definition) is 1. The molecule has 2 aliphatic rings. The first-order valence-electron chi connectivity index (χ1n) is 5.92. The molecule has 0 spiro atoms. The van der Waals surface area contributed by atoms with Crippen molar-refractivity contribution >= 4 is 5.97 Å². The Morgan fingerprint density at radius 1 is 1.43 bits per heavy atom. The van der Waals surface area contributed by atoms with Gasteiger partial charge in [-0.25, -0.2) is 0 Å². The molecule has 2 aliphatic carbocycles. The number of carboxylic acids is 1. The van der Waals surface area contributed by atoms with E-state index in [1.807, 2.05) is 0 Å². The normalized spacial score (nSPS) is 35.2. The minimum Gasteiger partial charge on any atom is -0.481 e. The van der Waals surface area contributed by atoms with Gasteiger partial charge in [0.15, 0.2) is 0 Å². The molecule has 1 N–H and O–H groups in total. The standard InChI is InChI=1S/C12H20O2/c1-2-9-4-3-5-10(8-9)12(6-7-12)11(13)14/h9-10H,2-8H2,1H3,(H,13,14). The van der Waals surface area contributed by atoms with Crippen LogP contribution in [0.1, 0.15) is 51.9 Å². The highest BCUT2D eigenvalue weighted by molar-refractivity contribution is 5.78. The molecule has 0 aromatic carbocycles. The van der Waals surface area contributed by atoms with Gasteiger partial charge < -0.3 is 5.11 Å². The molecule has 2 saturated carbocycles. The number of carboxylic acid groups (broad SMARTS) is 1. The molecule has 0 heterocycles. The highest BCUT2D eigenvalue weighted by Gasteiger charge is 2.56. The minimum atomic E-state index is -0.528. The van der Waals surface area contributed by atoms with Crippen LogP contribution in [0.25, 0.3) is 0 Å². The molecule has 0 amide bonds. The molecule has 2 rings (SSSR count). The Bertz CT molecular complexity index is 230. The van der Waals surface area contributed by atoms with Gasteiger partial charge in [-0.05, 0) is 37.5 Å². The van der Waals surface area contributed by atoms with Crippen LogP contribution in [0.15, 0.2) is 0 Å². The van der Waals surface area contributed by atoms with Crippen molar-refractivity contribution in [2.45, 2.75) is 51.9 Å². The Hall–Kier alpha value is -0.530. The predicted molar refractivity (Wildman–Crippen MR) is 55.0 cm³/mol. The van der Waals surface area contributed by atoms with Gasteiger partial charge in [-0.1, -0.05) is 26.2 Å². The summed E-state index contributed by atoms with van der Waals surface area (Å²) in [6.45, 7) is 2.23. The summed E-state index contributed by atoms with van der Waals surface area (Å²) in [6, 6.07) is 0. The van der Waals surface area contributed by atoms with Crippen LogP contribution in [-0.4, -0.2) is 11.1 Å². The van der Waals surface area contributed by atoms with Crippen molar-refractivity contribution in [3.05, 3.63) is 0 Å². The fourth-order valence-electron chi connectivity index (χ4n) is 3.10. The molecular weight excluding hydrogens is 176 g/mol. The summed E-state index contributed by atoms with van der Waals surface area (Å²) in [4.78, 5) is 11.2. The maximum atomic E-state index is 11.2. The Labute approximate surface area is 85.7 Å². The van der Waals surface area contributed by atoms with Crippen LogP contribution in [0, 0.1) is 17.3 Å². The van der Waals surface area contributed by atoms with E-state index in [9.17, 15) is 9.90 Å². The highest BCUT2D eigenvalue weighted by Crippen LogP contribution is 2.57. The molecule has 0 aliphatic heterocycles. The average Bonchev–Trinajstić information content (AvgIpc) is 2.98. The maximum Gasteiger partial charge on any atom is 0.309 e. The quantitative estimate of drug-likeness (QED) is 0.753. The Morgan fingerprint density at radius 2 is 2.14 bits per heavy atom. The van der Waals surface area contributed by atoms with E-state index in [0.717, 1.165) is 25.2 Å². The molecule has 0 saturated heterocycles. The molecule has 2 atom stereocenters. The van der Waals surface area contributed by atoms with Crippen molar-refractivity contribution in [1.29, 1.82) is 0 Å². The lowest BCUT2D eigenvalue weighted by Gasteiger charge is -2.32. The lowest BCUT2D eigenvalue weighted by molar-refractivity contribution is -0.146. The second-order valence-electron chi connectivity index (χ2n) is 5.10.